The summed E-state index contributed by atoms with van der Waals surface area (Å²) in [4.78, 5) is 11.5. The minimum absolute atomic E-state index is 0.0775. The monoisotopic (exact) mass is 471 g/mol. The summed E-state index contributed by atoms with van der Waals surface area (Å²) in [5.41, 5.74) is 1.61. The van der Waals surface area contributed by atoms with Gasteiger partial charge in [0.15, 0.2) is 0 Å². The Morgan fingerprint density at radius 2 is 1.82 bits per heavy atom. The molecule has 0 saturated heterocycles. The standard InChI is InChI=1S/C22H26ClN7O3/c1-12-19(23)13(2)28(26-12)4-3-18-24-25-21(33-18)20-17(30(31)32)11-29(27-20)22-8-14-5-15(9-22)7-16(6-14)10-22/h11,14-16H,3-10H2,1-2H3. The maximum absolute atomic E-state index is 11.9. The molecule has 0 spiro atoms. The van der Waals surface area contributed by atoms with Crippen molar-refractivity contribution in [2.45, 2.75) is 70.9 Å². The van der Waals surface area contributed by atoms with Gasteiger partial charge in [0.25, 0.3) is 5.89 Å². The molecule has 7 rings (SSSR count). The summed E-state index contributed by atoms with van der Waals surface area (Å²) in [5, 5.41) is 29.8. The van der Waals surface area contributed by atoms with Crippen LogP contribution < -0.4 is 0 Å². The Morgan fingerprint density at radius 1 is 1.15 bits per heavy atom. The lowest BCUT2D eigenvalue weighted by Crippen LogP contribution is -2.52. The lowest BCUT2D eigenvalue weighted by molar-refractivity contribution is -0.384. The van der Waals surface area contributed by atoms with Crippen LogP contribution in [-0.2, 0) is 18.5 Å². The first-order chi connectivity index (χ1) is 15.8. The molecule has 11 heteroatoms. The summed E-state index contributed by atoms with van der Waals surface area (Å²) in [6.45, 7) is 4.28. The maximum Gasteiger partial charge on any atom is 0.320 e. The molecule has 4 fully saturated rings. The molecule has 4 aliphatic carbocycles. The fourth-order valence-corrected chi connectivity index (χ4v) is 6.92. The van der Waals surface area contributed by atoms with E-state index in [0.29, 0.717) is 41.6 Å². The van der Waals surface area contributed by atoms with Gasteiger partial charge in [-0.05, 0) is 70.1 Å². The van der Waals surface area contributed by atoms with E-state index in [4.69, 9.17) is 21.1 Å². The van der Waals surface area contributed by atoms with Gasteiger partial charge in [-0.2, -0.15) is 10.2 Å². The third-order valence-electron chi connectivity index (χ3n) is 7.88. The van der Waals surface area contributed by atoms with Crippen LogP contribution in [0.1, 0.15) is 55.8 Å². The molecule has 0 aliphatic heterocycles. The summed E-state index contributed by atoms with van der Waals surface area (Å²) in [7, 11) is 0. The van der Waals surface area contributed by atoms with E-state index in [9.17, 15) is 10.1 Å². The highest BCUT2D eigenvalue weighted by molar-refractivity contribution is 6.31. The number of halogens is 1. The van der Waals surface area contributed by atoms with Crippen molar-refractivity contribution in [1.82, 2.24) is 29.8 Å². The molecule has 0 N–H and O–H groups in total. The first kappa shape index (κ1) is 20.8. The Balaban J connectivity index is 1.28. The molecule has 4 aliphatic rings. The number of nitro groups is 1. The molecule has 4 saturated carbocycles. The Morgan fingerprint density at radius 3 is 2.39 bits per heavy atom. The van der Waals surface area contributed by atoms with Gasteiger partial charge in [-0.1, -0.05) is 11.6 Å². The molecule has 4 bridgehead atoms. The molecule has 10 nitrogen and oxygen atoms in total. The number of aryl methyl sites for hydroxylation is 3. The molecule has 3 aromatic rings. The highest BCUT2D eigenvalue weighted by Gasteiger charge is 2.53. The lowest BCUT2D eigenvalue weighted by Gasteiger charge is -2.56. The van der Waals surface area contributed by atoms with Crippen LogP contribution in [-0.4, -0.2) is 34.7 Å². The highest BCUT2D eigenvalue weighted by Crippen LogP contribution is 2.59. The van der Waals surface area contributed by atoms with Gasteiger partial charge in [0.05, 0.1) is 26.9 Å². The number of rotatable bonds is 6. The molecular formula is C22H26ClN7O3. The Labute approximate surface area is 195 Å². The second kappa shape index (κ2) is 7.38. The SMILES string of the molecule is Cc1nn(CCc2nnc(-c3nn(C45CC6CC(CC(C6)C4)C5)cc3[N+](=O)[O-])o2)c(C)c1Cl. The zero-order chi connectivity index (χ0) is 22.9. The van der Waals surface area contributed by atoms with Crippen molar-refractivity contribution in [1.29, 1.82) is 0 Å². The van der Waals surface area contributed by atoms with Gasteiger partial charge in [0, 0.05) is 13.0 Å². The van der Waals surface area contributed by atoms with E-state index < -0.39 is 4.92 Å². The van der Waals surface area contributed by atoms with Gasteiger partial charge in [-0.15, -0.1) is 10.2 Å². The zero-order valence-electron chi connectivity index (χ0n) is 18.7. The van der Waals surface area contributed by atoms with E-state index in [1.54, 1.807) is 10.9 Å². The fourth-order valence-electron chi connectivity index (χ4n) is 6.78. The summed E-state index contributed by atoms with van der Waals surface area (Å²) >= 11 is 6.22. The normalized spacial score (nSPS) is 28.0. The minimum Gasteiger partial charge on any atom is -0.419 e. The van der Waals surface area contributed by atoms with Gasteiger partial charge in [0.1, 0.15) is 6.20 Å². The number of nitrogens with zero attached hydrogens (tertiary/aromatic N) is 7. The van der Waals surface area contributed by atoms with Gasteiger partial charge >= 0.3 is 5.69 Å². The van der Waals surface area contributed by atoms with E-state index in [2.05, 4.69) is 15.3 Å². The lowest BCUT2D eigenvalue weighted by atomic mass is 9.53. The molecule has 0 aromatic carbocycles. The van der Waals surface area contributed by atoms with Crippen LogP contribution >= 0.6 is 11.6 Å². The van der Waals surface area contributed by atoms with Crippen molar-refractivity contribution in [3.05, 3.63) is 38.6 Å². The first-order valence-electron chi connectivity index (χ1n) is 11.6. The smallest absolute Gasteiger partial charge is 0.320 e. The van der Waals surface area contributed by atoms with Gasteiger partial charge in [0.2, 0.25) is 11.6 Å². The molecule has 3 heterocycles. The summed E-state index contributed by atoms with van der Waals surface area (Å²) in [6, 6.07) is 0. The Hall–Kier alpha value is -2.75. The van der Waals surface area contributed by atoms with E-state index in [0.717, 1.165) is 30.7 Å². The van der Waals surface area contributed by atoms with Crippen LogP contribution in [0, 0.1) is 41.7 Å². The quantitative estimate of drug-likeness (QED) is 0.384. The molecular weight excluding hydrogens is 446 g/mol. The van der Waals surface area contributed by atoms with Crippen molar-refractivity contribution >= 4 is 17.3 Å². The van der Waals surface area contributed by atoms with E-state index >= 15 is 0 Å². The van der Waals surface area contributed by atoms with Gasteiger partial charge < -0.3 is 4.42 Å². The van der Waals surface area contributed by atoms with Crippen LogP contribution in [0.5, 0.6) is 0 Å². The second-order valence-corrected chi connectivity index (χ2v) is 10.5. The third kappa shape index (κ3) is 3.37. The van der Waals surface area contributed by atoms with E-state index in [1.807, 2.05) is 18.5 Å². The third-order valence-corrected chi connectivity index (χ3v) is 8.43. The largest absolute Gasteiger partial charge is 0.419 e. The predicted octanol–water partition coefficient (Wildman–Crippen LogP) is 4.48. The Kier molecular flexibility index (Phi) is 4.66. The van der Waals surface area contributed by atoms with Crippen LogP contribution in [0.25, 0.3) is 11.6 Å². The number of hydrogen-bond acceptors (Lipinski definition) is 7. The van der Waals surface area contributed by atoms with Crippen molar-refractivity contribution in [2.75, 3.05) is 0 Å². The Bertz CT molecular complexity index is 1210. The van der Waals surface area contributed by atoms with Crippen LogP contribution in [0.4, 0.5) is 5.69 Å². The zero-order valence-corrected chi connectivity index (χ0v) is 19.5. The average Bonchev–Trinajstić information content (AvgIpc) is 3.46. The summed E-state index contributed by atoms with van der Waals surface area (Å²) in [5.74, 6) is 2.60. The molecule has 0 unspecified atom stereocenters. The average molecular weight is 472 g/mol. The van der Waals surface area contributed by atoms with Crippen LogP contribution in [0.2, 0.25) is 5.02 Å². The van der Waals surface area contributed by atoms with Crippen molar-refractivity contribution < 1.29 is 9.34 Å². The molecule has 3 aromatic heterocycles. The van der Waals surface area contributed by atoms with Crippen LogP contribution in [0.15, 0.2) is 10.6 Å². The number of aromatic nitrogens is 6. The second-order valence-electron chi connectivity index (χ2n) is 10.2. The van der Waals surface area contributed by atoms with Crippen molar-refractivity contribution in [2.24, 2.45) is 17.8 Å². The van der Waals surface area contributed by atoms with Crippen LogP contribution in [0.3, 0.4) is 0 Å². The van der Waals surface area contributed by atoms with E-state index in [1.165, 1.54) is 19.3 Å². The van der Waals surface area contributed by atoms with Gasteiger partial charge in [-0.25, -0.2) is 0 Å². The van der Waals surface area contributed by atoms with E-state index in [-0.39, 0.29) is 22.8 Å². The fraction of sp³-hybridized carbons (Fsp3) is 0.636. The molecule has 33 heavy (non-hydrogen) atoms. The summed E-state index contributed by atoms with van der Waals surface area (Å²) < 4.78 is 9.48. The molecule has 174 valence electrons. The molecule has 0 radical (unpaired) electrons. The highest BCUT2D eigenvalue weighted by atomic mass is 35.5. The minimum atomic E-state index is -0.402. The summed E-state index contributed by atoms with van der Waals surface area (Å²) in [6.07, 6.45) is 9.07. The first-order valence-corrected chi connectivity index (χ1v) is 12.0. The molecule has 0 amide bonds. The maximum atomic E-state index is 11.9. The predicted molar refractivity (Wildman–Crippen MR) is 119 cm³/mol. The van der Waals surface area contributed by atoms with Crippen molar-refractivity contribution in [3.8, 4) is 11.6 Å². The molecule has 0 atom stereocenters. The van der Waals surface area contributed by atoms with Crippen molar-refractivity contribution in [3.63, 3.8) is 0 Å². The topological polar surface area (TPSA) is 118 Å². The van der Waals surface area contributed by atoms with Gasteiger partial charge in [-0.3, -0.25) is 19.5 Å². The number of hydrogen-bond donors (Lipinski definition) is 0.